The van der Waals surface area contributed by atoms with E-state index in [-0.39, 0.29) is 18.1 Å². The zero-order valence-corrected chi connectivity index (χ0v) is 13.0. The maximum atomic E-state index is 12.5. The number of aromatic nitrogens is 2. The topological polar surface area (TPSA) is 77.2 Å². The lowest BCUT2D eigenvalue weighted by atomic mass is 10.0. The Hall–Kier alpha value is -2.21. The van der Waals surface area contributed by atoms with Crippen molar-refractivity contribution in [3.05, 3.63) is 47.4 Å². The monoisotopic (exact) mass is 313 g/mol. The Morgan fingerprint density at radius 2 is 2.22 bits per heavy atom. The molecule has 2 fully saturated rings. The van der Waals surface area contributed by atoms with Gasteiger partial charge in [0.25, 0.3) is 5.91 Å². The van der Waals surface area contributed by atoms with Gasteiger partial charge in [0.2, 0.25) is 5.76 Å². The van der Waals surface area contributed by atoms with Crippen LogP contribution in [-0.2, 0) is 4.74 Å². The van der Waals surface area contributed by atoms with Crippen molar-refractivity contribution in [3.63, 3.8) is 0 Å². The van der Waals surface area contributed by atoms with Gasteiger partial charge in [0.05, 0.1) is 11.7 Å². The van der Waals surface area contributed by atoms with Crippen molar-refractivity contribution in [2.75, 3.05) is 6.61 Å². The molecule has 2 aromatic rings. The van der Waals surface area contributed by atoms with Gasteiger partial charge in [0.15, 0.2) is 5.89 Å². The van der Waals surface area contributed by atoms with Crippen LogP contribution in [0.15, 0.2) is 28.9 Å². The second kappa shape index (κ2) is 5.77. The minimum absolute atomic E-state index is 0.0828. The molecule has 1 aliphatic heterocycles. The number of rotatable bonds is 4. The fourth-order valence-electron chi connectivity index (χ4n) is 2.98. The third-order valence-electron chi connectivity index (χ3n) is 4.37. The number of ether oxygens (including phenoxy) is 1. The van der Waals surface area contributed by atoms with Crippen LogP contribution in [0.3, 0.4) is 0 Å². The first-order valence-corrected chi connectivity index (χ1v) is 8.02. The summed E-state index contributed by atoms with van der Waals surface area (Å²) in [6, 6.07) is 3.76. The molecule has 2 aromatic heterocycles. The van der Waals surface area contributed by atoms with Gasteiger partial charge in [-0.05, 0) is 32.3 Å². The minimum Gasteiger partial charge on any atom is -0.435 e. The van der Waals surface area contributed by atoms with E-state index in [2.05, 4.69) is 15.3 Å². The molecule has 2 atom stereocenters. The minimum atomic E-state index is -0.216. The number of oxazole rings is 1. The van der Waals surface area contributed by atoms with Gasteiger partial charge < -0.3 is 14.5 Å². The highest BCUT2D eigenvalue weighted by Crippen LogP contribution is 2.40. The van der Waals surface area contributed by atoms with Crippen LogP contribution in [0.4, 0.5) is 0 Å². The van der Waals surface area contributed by atoms with Gasteiger partial charge in [-0.3, -0.25) is 9.78 Å². The first-order chi connectivity index (χ1) is 11.2. The fourth-order valence-corrected chi connectivity index (χ4v) is 2.98. The maximum absolute atomic E-state index is 12.5. The van der Waals surface area contributed by atoms with Crippen molar-refractivity contribution < 1.29 is 13.9 Å². The lowest BCUT2D eigenvalue weighted by Crippen LogP contribution is -2.37. The fraction of sp³-hybridized carbons (Fsp3) is 0.471. The molecule has 0 radical (unpaired) electrons. The molecule has 1 aliphatic carbocycles. The predicted octanol–water partition coefficient (Wildman–Crippen LogP) is 2.52. The normalized spacial score (nSPS) is 23.9. The molecule has 2 aliphatic rings. The molecule has 0 unspecified atom stereocenters. The molecule has 0 spiro atoms. The molecule has 120 valence electrons. The highest BCUT2D eigenvalue weighted by molar-refractivity contribution is 5.92. The highest BCUT2D eigenvalue weighted by atomic mass is 16.5. The van der Waals surface area contributed by atoms with Crippen LogP contribution in [0, 0.1) is 6.92 Å². The Labute approximate surface area is 134 Å². The van der Waals surface area contributed by atoms with Crippen LogP contribution in [0.25, 0.3) is 0 Å². The second-order valence-electron chi connectivity index (χ2n) is 6.19. The summed E-state index contributed by atoms with van der Waals surface area (Å²) in [5.74, 6) is 1.20. The standard InChI is InChI=1S/C17H19N3O3/c1-10-14(23-17(19-10)11-4-5-11)16(21)20-13-6-8-22-15(13)12-3-2-7-18-9-12/h2-3,7,9,11,13,15H,4-6,8H2,1H3,(H,20,21)/t13-,15+/m0/s1. The van der Waals surface area contributed by atoms with Crippen LogP contribution in [0.5, 0.6) is 0 Å². The van der Waals surface area contributed by atoms with Crippen LogP contribution < -0.4 is 5.32 Å². The molecular formula is C17H19N3O3. The molecule has 0 bridgehead atoms. The van der Waals surface area contributed by atoms with Crippen molar-refractivity contribution in [1.82, 2.24) is 15.3 Å². The molecular weight excluding hydrogens is 294 g/mol. The number of amides is 1. The van der Waals surface area contributed by atoms with Crippen LogP contribution in [0.1, 0.15) is 59.0 Å². The van der Waals surface area contributed by atoms with Gasteiger partial charge in [-0.15, -0.1) is 0 Å². The lowest BCUT2D eigenvalue weighted by Gasteiger charge is -2.19. The molecule has 1 N–H and O–H groups in total. The number of hydrogen-bond acceptors (Lipinski definition) is 5. The van der Waals surface area contributed by atoms with Gasteiger partial charge in [0.1, 0.15) is 6.10 Å². The van der Waals surface area contributed by atoms with Crippen molar-refractivity contribution in [3.8, 4) is 0 Å². The first-order valence-electron chi connectivity index (χ1n) is 8.02. The van der Waals surface area contributed by atoms with E-state index < -0.39 is 0 Å². The molecule has 0 aromatic carbocycles. The van der Waals surface area contributed by atoms with Gasteiger partial charge >= 0.3 is 0 Å². The predicted molar refractivity (Wildman–Crippen MR) is 82.0 cm³/mol. The Kier molecular flexibility index (Phi) is 3.61. The average molecular weight is 313 g/mol. The largest absolute Gasteiger partial charge is 0.435 e. The van der Waals surface area contributed by atoms with E-state index in [0.717, 1.165) is 24.8 Å². The number of aryl methyl sites for hydroxylation is 1. The lowest BCUT2D eigenvalue weighted by molar-refractivity contribution is 0.0798. The Balaban J connectivity index is 1.49. The number of nitrogens with one attached hydrogen (secondary N) is 1. The number of nitrogens with zero attached hydrogens (tertiary/aromatic N) is 2. The Bertz CT molecular complexity index is 709. The average Bonchev–Trinajstić information content (AvgIpc) is 3.19. The maximum Gasteiger partial charge on any atom is 0.289 e. The number of hydrogen-bond donors (Lipinski definition) is 1. The smallest absolute Gasteiger partial charge is 0.289 e. The van der Waals surface area contributed by atoms with Gasteiger partial charge in [-0.25, -0.2) is 4.98 Å². The molecule has 3 heterocycles. The quantitative estimate of drug-likeness (QED) is 0.938. The summed E-state index contributed by atoms with van der Waals surface area (Å²) in [5.41, 5.74) is 1.63. The van der Waals surface area contributed by atoms with E-state index >= 15 is 0 Å². The first kappa shape index (κ1) is 14.4. The zero-order chi connectivity index (χ0) is 15.8. The summed E-state index contributed by atoms with van der Waals surface area (Å²) < 4.78 is 11.4. The third-order valence-corrected chi connectivity index (χ3v) is 4.37. The highest BCUT2D eigenvalue weighted by Gasteiger charge is 2.34. The second-order valence-corrected chi connectivity index (χ2v) is 6.19. The van der Waals surface area contributed by atoms with E-state index in [1.165, 1.54) is 0 Å². The van der Waals surface area contributed by atoms with E-state index in [1.54, 1.807) is 12.4 Å². The summed E-state index contributed by atoms with van der Waals surface area (Å²) in [7, 11) is 0. The number of carbonyl (C=O) groups excluding carboxylic acids is 1. The van der Waals surface area contributed by atoms with Crippen LogP contribution in [-0.4, -0.2) is 28.5 Å². The Morgan fingerprint density at radius 1 is 1.35 bits per heavy atom. The molecule has 6 nitrogen and oxygen atoms in total. The third kappa shape index (κ3) is 2.86. The molecule has 1 saturated heterocycles. The van der Waals surface area contributed by atoms with E-state index in [0.29, 0.717) is 29.9 Å². The van der Waals surface area contributed by atoms with Crippen molar-refractivity contribution in [1.29, 1.82) is 0 Å². The molecule has 1 amide bonds. The molecule has 23 heavy (non-hydrogen) atoms. The summed E-state index contributed by atoms with van der Waals surface area (Å²) in [6.45, 7) is 2.43. The summed E-state index contributed by atoms with van der Waals surface area (Å²) in [6.07, 6.45) is 6.30. The molecule has 4 rings (SSSR count). The van der Waals surface area contributed by atoms with Crippen LogP contribution in [0.2, 0.25) is 0 Å². The summed E-state index contributed by atoms with van der Waals surface area (Å²) in [4.78, 5) is 21.0. The van der Waals surface area contributed by atoms with Gasteiger partial charge in [-0.2, -0.15) is 0 Å². The molecule has 1 saturated carbocycles. The summed E-state index contributed by atoms with van der Waals surface area (Å²) >= 11 is 0. The SMILES string of the molecule is Cc1nc(C2CC2)oc1C(=O)N[C@H]1CCO[C@@H]1c1cccnc1. The van der Waals surface area contributed by atoms with Crippen molar-refractivity contribution in [2.24, 2.45) is 0 Å². The number of carbonyl (C=O) groups is 1. The number of pyridine rings is 1. The van der Waals surface area contributed by atoms with Crippen molar-refractivity contribution >= 4 is 5.91 Å². The Morgan fingerprint density at radius 3 is 2.96 bits per heavy atom. The van der Waals surface area contributed by atoms with E-state index in [4.69, 9.17) is 9.15 Å². The summed E-state index contributed by atoms with van der Waals surface area (Å²) in [5, 5.41) is 3.03. The van der Waals surface area contributed by atoms with E-state index in [9.17, 15) is 4.79 Å². The van der Waals surface area contributed by atoms with Crippen LogP contribution >= 0.6 is 0 Å². The molecule has 6 heteroatoms. The van der Waals surface area contributed by atoms with Gasteiger partial charge in [-0.1, -0.05) is 6.07 Å². The van der Waals surface area contributed by atoms with E-state index in [1.807, 2.05) is 19.1 Å². The van der Waals surface area contributed by atoms with Crippen molar-refractivity contribution in [2.45, 2.75) is 44.2 Å². The van der Waals surface area contributed by atoms with Gasteiger partial charge in [0, 0.05) is 30.5 Å². The zero-order valence-electron chi connectivity index (χ0n) is 13.0.